The largest absolute Gasteiger partial charge is 0.491 e. The highest BCUT2D eigenvalue weighted by Crippen LogP contribution is 2.23. The van der Waals surface area contributed by atoms with Crippen molar-refractivity contribution in [1.29, 1.82) is 0 Å². The van der Waals surface area contributed by atoms with Gasteiger partial charge in [0, 0.05) is 24.7 Å². The monoisotopic (exact) mass is 294 g/mol. The quantitative estimate of drug-likeness (QED) is 0.686. The third-order valence-electron chi connectivity index (χ3n) is 4.25. The zero-order valence-corrected chi connectivity index (χ0v) is 12.6. The van der Waals surface area contributed by atoms with E-state index < -0.39 is 6.10 Å². The van der Waals surface area contributed by atoms with Crippen LogP contribution in [0.3, 0.4) is 0 Å². The summed E-state index contributed by atoms with van der Waals surface area (Å²) in [5.41, 5.74) is 6.60. The van der Waals surface area contributed by atoms with Crippen molar-refractivity contribution in [3.05, 3.63) is 29.8 Å². The van der Waals surface area contributed by atoms with Gasteiger partial charge in [0.05, 0.1) is 6.61 Å². The number of hydrogen-bond donors (Lipinski definition) is 3. The van der Waals surface area contributed by atoms with Crippen LogP contribution in [0.1, 0.15) is 18.9 Å². The van der Waals surface area contributed by atoms with Crippen LogP contribution < -0.4 is 10.5 Å². The lowest BCUT2D eigenvalue weighted by atomic mass is 10.0. The van der Waals surface area contributed by atoms with E-state index in [4.69, 9.17) is 10.5 Å². The van der Waals surface area contributed by atoms with Crippen LogP contribution in [0.4, 0.5) is 0 Å². The molecule has 1 aromatic rings. The fourth-order valence-corrected chi connectivity index (χ4v) is 2.93. The molecule has 1 saturated heterocycles. The SMILES string of the molecule is CC1CCN(CC(O)COc2ccccc2CN)C1CO. The van der Waals surface area contributed by atoms with Crippen molar-refractivity contribution in [1.82, 2.24) is 4.90 Å². The Morgan fingerprint density at radius 2 is 2.19 bits per heavy atom. The molecule has 1 aromatic carbocycles. The highest BCUT2D eigenvalue weighted by Gasteiger charge is 2.31. The molecule has 0 aliphatic carbocycles. The molecule has 1 aliphatic heterocycles. The Labute approximate surface area is 126 Å². The topological polar surface area (TPSA) is 79.0 Å². The van der Waals surface area contributed by atoms with E-state index in [-0.39, 0.29) is 19.3 Å². The maximum atomic E-state index is 10.2. The summed E-state index contributed by atoms with van der Waals surface area (Å²) >= 11 is 0. The number of rotatable bonds is 7. The van der Waals surface area contributed by atoms with Gasteiger partial charge in [-0.05, 0) is 24.9 Å². The average Bonchev–Trinajstić information content (AvgIpc) is 2.85. The van der Waals surface area contributed by atoms with Crippen LogP contribution in [-0.2, 0) is 6.54 Å². The molecule has 0 spiro atoms. The van der Waals surface area contributed by atoms with Gasteiger partial charge in [0.2, 0.25) is 0 Å². The van der Waals surface area contributed by atoms with Crippen LogP contribution >= 0.6 is 0 Å². The summed E-state index contributed by atoms with van der Waals surface area (Å²) in [4.78, 5) is 2.15. The first-order chi connectivity index (χ1) is 10.2. The van der Waals surface area contributed by atoms with E-state index in [9.17, 15) is 10.2 Å². The van der Waals surface area contributed by atoms with Gasteiger partial charge in [0.1, 0.15) is 18.5 Å². The second-order valence-corrected chi connectivity index (χ2v) is 5.79. The second kappa shape index (κ2) is 7.75. The molecule has 5 heteroatoms. The van der Waals surface area contributed by atoms with E-state index in [0.29, 0.717) is 19.0 Å². The molecule has 3 atom stereocenters. The maximum Gasteiger partial charge on any atom is 0.123 e. The summed E-state index contributed by atoms with van der Waals surface area (Å²) < 4.78 is 5.68. The molecule has 0 radical (unpaired) electrons. The zero-order chi connectivity index (χ0) is 15.2. The van der Waals surface area contributed by atoms with E-state index in [1.54, 1.807) is 0 Å². The first kappa shape index (κ1) is 16.2. The van der Waals surface area contributed by atoms with Crippen molar-refractivity contribution in [3.63, 3.8) is 0 Å². The Balaban J connectivity index is 1.83. The van der Waals surface area contributed by atoms with Crippen molar-refractivity contribution in [2.45, 2.75) is 32.0 Å². The number of hydrogen-bond acceptors (Lipinski definition) is 5. The van der Waals surface area contributed by atoms with E-state index >= 15 is 0 Å². The van der Waals surface area contributed by atoms with E-state index in [1.807, 2.05) is 24.3 Å². The number of likely N-dealkylation sites (tertiary alicyclic amines) is 1. The predicted octanol–water partition coefficient (Wildman–Crippen LogP) is 0.588. The predicted molar refractivity (Wildman–Crippen MR) is 82.1 cm³/mol. The number of β-amino-alcohol motifs (C(OH)–C–C–N with tert-alkyl or cyclic N) is 1. The lowest BCUT2D eigenvalue weighted by Gasteiger charge is -2.27. The fraction of sp³-hybridized carbons (Fsp3) is 0.625. The number of benzene rings is 1. The van der Waals surface area contributed by atoms with E-state index in [1.165, 1.54) is 0 Å². The minimum atomic E-state index is -0.574. The number of nitrogens with two attached hydrogens (primary N) is 1. The molecule has 0 aromatic heterocycles. The van der Waals surface area contributed by atoms with Gasteiger partial charge in [0.15, 0.2) is 0 Å². The maximum absolute atomic E-state index is 10.2. The highest BCUT2D eigenvalue weighted by molar-refractivity contribution is 5.32. The zero-order valence-electron chi connectivity index (χ0n) is 12.6. The Hall–Kier alpha value is -1.14. The molecule has 5 nitrogen and oxygen atoms in total. The molecule has 1 aliphatic rings. The number of nitrogens with zero attached hydrogens (tertiary/aromatic N) is 1. The third kappa shape index (κ3) is 4.17. The molecule has 4 N–H and O–H groups in total. The summed E-state index contributed by atoms with van der Waals surface area (Å²) in [6.07, 6.45) is 0.490. The molecule has 3 unspecified atom stereocenters. The number of ether oxygens (including phenoxy) is 1. The Morgan fingerprint density at radius 3 is 2.90 bits per heavy atom. The first-order valence-electron chi connectivity index (χ1n) is 7.59. The number of aliphatic hydroxyl groups excluding tert-OH is 2. The summed E-state index contributed by atoms with van der Waals surface area (Å²) in [7, 11) is 0. The van der Waals surface area contributed by atoms with Crippen LogP contribution in [0.15, 0.2) is 24.3 Å². The molecular weight excluding hydrogens is 268 g/mol. The summed E-state index contributed by atoms with van der Waals surface area (Å²) in [5.74, 6) is 1.20. The molecule has 0 bridgehead atoms. The standard InChI is InChI=1S/C16H26N2O3/c1-12-6-7-18(15(12)10-19)9-14(20)11-21-16-5-3-2-4-13(16)8-17/h2-5,12,14-15,19-20H,6-11,17H2,1H3. The van der Waals surface area contributed by atoms with Gasteiger partial charge in [-0.3, -0.25) is 4.90 Å². The van der Waals surface area contributed by atoms with Crippen LogP contribution in [0.2, 0.25) is 0 Å². The van der Waals surface area contributed by atoms with E-state index in [2.05, 4.69) is 11.8 Å². The lowest BCUT2D eigenvalue weighted by molar-refractivity contribution is 0.0479. The summed E-state index contributed by atoms with van der Waals surface area (Å²) in [6.45, 7) is 4.39. The molecule has 118 valence electrons. The van der Waals surface area contributed by atoms with Gasteiger partial charge in [-0.15, -0.1) is 0 Å². The molecule has 21 heavy (non-hydrogen) atoms. The summed E-state index contributed by atoms with van der Waals surface area (Å²) in [6, 6.07) is 7.75. The van der Waals surface area contributed by atoms with Gasteiger partial charge in [-0.1, -0.05) is 25.1 Å². The van der Waals surface area contributed by atoms with Crippen molar-refractivity contribution in [2.75, 3.05) is 26.3 Å². The van der Waals surface area contributed by atoms with Crippen LogP contribution in [0.5, 0.6) is 5.75 Å². The lowest BCUT2D eigenvalue weighted by Crippen LogP contribution is -2.41. The fourth-order valence-electron chi connectivity index (χ4n) is 2.93. The molecule has 1 fully saturated rings. The van der Waals surface area contributed by atoms with Crippen LogP contribution in [0.25, 0.3) is 0 Å². The summed E-state index contributed by atoms with van der Waals surface area (Å²) in [5, 5.41) is 19.6. The Morgan fingerprint density at radius 1 is 1.43 bits per heavy atom. The Kier molecular flexibility index (Phi) is 5.99. The van der Waals surface area contributed by atoms with Crippen molar-refractivity contribution >= 4 is 0 Å². The van der Waals surface area contributed by atoms with Crippen molar-refractivity contribution in [3.8, 4) is 5.75 Å². The second-order valence-electron chi connectivity index (χ2n) is 5.79. The van der Waals surface area contributed by atoms with E-state index in [0.717, 1.165) is 24.3 Å². The van der Waals surface area contributed by atoms with Gasteiger partial charge in [-0.2, -0.15) is 0 Å². The van der Waals surface area contributed by atoms with Crippen molar-refractivity contribution < 1.29 is 14.9 Å². The minimum absolute atomic E-state index is 0.144. The normalized spacial score (nSPS) is 24.2. The number of aliphatic hydroxyl groups is 2. The Bertz CT molecular complexity index is 441. The molecule has 2 rings (SSSR count). The van der Waals surface area contributed by atoms with Gasteiger partial charge < -0.3 is 20.7 Å². The van der Waals surface area contributed by atoms with Gasteiger partial charge in [-0.25, -0.2) is 0 Å². The molecule has 0 amide bonds. The average molecular weight is 294 g/mol. The van der Waals surface area contributed by atoms with Gasteiger partial charge in [0.25, 0.3) is 0 Å². The third-order valence-corrected chi connectivity index (χ3v) is 4.25. The number of para-hydroxylation sites is 1. The smallest absolute Gasteiger partial charge is 0.123 e. The van der Waals surface area contributed by atoms with Gasteiger partial charge >= 0.3 is 0 Å². The molecule has 0 saturated carbocycles. The highest BCUT2D eigenvalue weighted by atomic mass is 16.5. The first-order valence-corrected chi connectivity index (χ1v) is 7.59. The molecule has 1 heterocycles. The molecular formula is C16H26N2O3. The van der Waals surface area contributed by atoms with Crippen LogP contribution in [-0.4, -0.2) is 53.6 Å². The van der Waals surface area contributed by atoms with Crippen LogP contribution in [0, 0.1) is 5.92 Å². The van der Waals surface area contributed by atoms with Crippen molar-refractivity contribution in [2.24, 2.45) is 11.7 Å². The minimum Gasteiger partial charge on any atom is -0.491 e.